The van der Waals surface area contributed by atoms with Gasteiger partial charge in [-0.1, -0.05) is 35.9 Å². The van der Waals surface area contributed by atoms with Crippen LogP contribution in [0.3, 0.4) is 0 Å². The minimum Gasteiger partial charge on any atom is -0.493 e. The molecule has 0 aromatic heterocycles. The van der Waals surface area contributed by atoms with E-state index in [0.717, 1.165) is 49.0 Å². The number of nitrogens with zero attached hydrogens (tertiary/aromatic N) is 2. The Kier molecular flexibility index (Phi) is 5.98. The Hall–Kier alpha value is -3.28. The summed E-state index contributed by atoms with van der Waals surface area (Å²) in [6.45, 7) is 3.79. The molecule has 0 atom stereocenters. The maximum absolute atomic E-state index is 13.5. The van der Waals surface area contributed by atoms with Gasteiger partial charge in [-0.2, -0.15) is 0 Å². The van der Waals surface area contributed by atoms with Crippen LogP contribution >= 0.6 is 0 Å². The summed E-state index contributed by atoms with van der Waals surface area (Å²) in [7, 11) is 3.15. The lowest BCUT2D eigenvalue weighted by atomic mass is 10.0. The number of hydrogen-bond acceptors (Lipinski definition) is 5. The fourth-order valence-corrected chi connectivity index (χ4v) is 4.26. The molecule has 0 saturated carbocycles. The fourth-order valence-electron chi connectivity index (χ4n) is 4.26. The van der Waals surface area contributed by atoms with Gasteiger partial charge in [0.2, 0.25) is 0 Å². The Morgan fingerprint density at radius 3 is 2.16 bits per heavy atom. The molecule has 0 N–H and O–H groups in total. The van der Waals surface area contributed by atoms with Crippen LogP contribution < -0.4 is 9.47 Å². The largest absolute Gasteiger partial charge is 0.493 e. The first-order valence-corrected chi connectivity index (χ1v) is 10.7. The van der Waals surface area contributed by atoms with Gasteiger partial charge in [0, 0.05) is 13.1 Å². The molecule has 0 aliphatic carbocycles. The molecule has 1 saturated heterocycles. The van der Waals surface area contributed by atoms with E-state index in [1.807, 2.05) is 43.3 Å². The van der Waals surface area contributed by atoms with E-state index in [-0.39, 0.29) is 18.4 Å². The summed E-state index contributed by atoms with van der Waals surface area (Å²) in [5.74, 6) is 0.710. The van der Waals surface area contributed by atoms with Crippen molar-refractivity contribution in [1.82, 2.24) is 9.80 Å². The van der Waals surface area contributed by atoms with Crippen LogP contribution in [0.5, 0.6) is 11.5 Å². The van der Waals surface area contributed by atoms with Crippen LogP contribution in [0.2, 0.25) is 0 Å². The molecule has 0 unspecified atom stereocenters. The van der Waals surface area contributed by atoms with Gasteiger partial charge in [-0.3, -0.25) is 14.5 Å². The van der Waals surface area contributed by atoms with E-state index in [0.29, 0.717) is 22.8 Å². The first kappa shape index (κ1) is 21.0. The van der Waals surface area contributed by atoms with Gasteiger partial charge in [0.1, 0.15) is 5.70 Å². The Morgan fingerprint density at radius 2 is 1.52 bits per heavy atom. The highest BCUT2D eigenvalue weighted by Crippen LogP contribution is 2.35. The zero-order chi connectivity index (χ0) is 22.0. The second-order valence-corrected chi connectivity index (χ2v) is 8.02. The average Bonchev–Trinajstić information content (AvgIpc) is 3.04. The summed E-state index contributed by atoms with van der Waals surface area (Å²) < 4.78 is 10.7. The first-order chi connectivity index (χ1) is 15.0. The van der Waals surface area contributed by atoms with E-state index < -0.39 is 0 Å². The van der Waals surface area contributed by atoms with Gasteiger partial charge in [-0.15, -0.1) is 0 Å². The van der Waals surface area contributed by atoms with Crippen LogP contribution in [-0.2, 0) is 16.1 Å². The highest BCUT2D eigenvalue weighted by Gasteiger charge is 2.41. The summed E-state index contributed by atoms with van der Waals surface area (Å²) in [6.07, 6.45) is 3.21. The van der Waals surface area contributed by atoms with Gasteiger partial charge < -0.3 is 14.4 Å². The summed E-state index contributed by atoms with van der Waals surface area (Å²) in [5.41, 5.74) is 3.76. The van der Waals surface area contributed by atoms with E-state index in [9.17, 15) is 9.59 Å². The van der Waals surface area contributed by atoms with Gasteiger partial charge >= 0.3 is 0 Å². The van der Waals surface area contributed by atoms with Gasteiger partial charge in [-0.05, 0) is 49.4 Å². The van der Waals surface area contributed by atoms with Crippen LogP contribution in [0.4, 0.5) is 0 Å². The number of ether oxygens (including phenoxy) is 2. The molecule has 1 fully saturated rings. The number of hydrogen-bond donors (Lipinski definition) is 0. The molecule has 4 rings (SSSR count). The normalized spacial score (nSPS) is 16.9. The van der Waals surface area contributed by atoms with E-state index in [1.54, 1.807) is 20.3 Å². The third-order valence-corrected chi connectivity index (χ3v) is 5.94. The zero-order valence-corrected chi connectivity index (χ0v) is 18.3. The lowest BCUT2D eigenvalue weighted by molar-refractivity contribution is -0.138. The maximum Gasteiger partial charge on any atom is 0.278 e. The van der Waals surface area contributed by atoms with Crippen molar-refractivity contribution in [3.05, 3.63) is 64.9 Å². The van der Waals surface area contributed by atoms with Crippen molar-refractivity contribution in [1.29, 1.82) is 0 Å². The fraction of sp³-hybridized carbons (Fsp3) is 0.360. The number of rotatable bonds is 6. The Labute approximate surface area is 183 Å². The third kappa shape index (κ3) is 4.02. The molecule has 162 valence electrons. The van der Waals surface area contributed by atoms with Crippen LogP contribution in [-0.4, -0.2) is 48.9 Å². The van der Waals surface area contributed by atoms with E-state index >= 15 is 0 Å². The molecular formula is C25H28N2O4. The van der Waals surface area contributed by atoms with Crippen LogP contribution in [0.1, 0.15) is 36.0 Å². The van der Waals surface area contributed by atoms with Crippen molar-refractivity contribution in [2.45, 2.75) is 32.7 Å². The molecular weight excluding hydrogens is 392 g/mol. The van der Waals surface area contributed by atoms with Crippen LogP contribution in [0, 0.1) is 6.92 Å². The molecule has 2 aromatic rings. The van der Waals surface area contributed by atoms with Gasteiger partial charge in [0.15, 0.2) is 11.5 Å². The second kappa shape index (κ2) is 8.84. The molecule has 0 radical (unpaired) electrons. The average molecular weight is 421 g/mol. The molecule has 6 heteroatoms. The molecule has 2 amide bonds. The highest BCUT2D eigenvalue weighted by atomic mass is 16.5. The smallest absolute Gasteiger partial charge is 0.278 e. The predicted molar refractivity (Wildman–Crippen MR) is 119 cm³/mol. The van der Waals surface area contributed by atoms with Crippen LogP contribution in [0.25, 0.3) is 5.57 Å². The lowest BCUT2D eigenvalue weighted by Crippen LogP contribution is -2.36. The maximum atomic E-state index is 13.5. The number of likely N-dealkylation sites (tertiary alicyclic amines) is 1. The number of aryl methyl sites for hydroxylation is 1. The SMILES string of the molecule is COc1ccc(CN2C(=O)C(c3ccc(C)cc3)=C(N3CCCCC3)C2=O)cc1OC. The first-order valence-electron chi connectivity index (χ1n) is 10.7. The molecule has 2 heterocycles. The third-order valence-electron chi connectivity index (χ3n) is 5.94. The van der Waals surface area contributed by atoms with Crippen molar-refractivity contribution in [2.24, 2.45) is 0 Å². The van der Waals surface area contributed by atoms with Gasteiger partial charge in [-0.25, -0.2) is 0 Å². The minimum atomic E-state index is -0.246. The summed E-state index contributed by atoms with van der Waals surface area (Å²) in [4.78, 5) is 30.4. The van der Waals surface area contributed by atoms with Gasteiger partial charge in [0.05, 0.1) is 26.3 Å². The quantitative estimate of drug-likeness (QED) is 0.666. The van der Waals surface area contributed by atoms with Crippen LogP contribution in [0.15, 0.2) is 48.2 Å². The summed E-state index contributed by atoms with van der Waals surface area (Å²) in [5, 5.41) is 0. The van der Waals surface area contributed by atoms with Crippen molar-refractivity contribution >= 4 is 17.4 Å². The lowest BCUT2D eigenvalue weighted by Gasteiger charge is -2.29. The van der Waals surface area contributed by atoms with E-state index in [1.165, 1.54) is 4.90 Å². The number of carbonyl (C=O) groups excluding carboxylic acids is 2. The van der Waals surface area contributed by atoms with Crippen molar-refractivity contribution in [2.75, 3.05) is 27.3 Å². The number of methoxy groups -OCH3 is 2. The number of benzene rings is 2. The topological polar surface area (TPSA) is 59.1 Å². The second-order valence-electron chi connectivity index (χ2n) is 8.02. The number of piperidine rings is 1. The van der Waals surface area contributed by atoms with Gasteiger partial charge in [0.25, 0.3) is 11.8 Å². The Balaban J connectivity index is 1.70. The number of amides is 2. The van der Waals surface area contributed by atoms with E-state index in [4.69, 9.17) is 9.47 Å². The molecule has 31 heavy (non-hydrogen) atoms. The molecule has 6 nitrogen and oxygen atoms in total. The zero-order valence-electron chi connectivity index (χ0n) is 18.3. The van der Waals surface area contributed by atoms with Crippen molar-refractivity contribution < 1.29 is 19.1 Å². The highest BCUT2D eigenvalue weighted by molar-refractivity contribution is 6.35. The van der Waals surface area contributed by atoms with Crippen molar-refractivity contribution in [3.8, 4) is 11.5 Å². The Morgan fingerprint density at radius 1 is 0.839 bits per heavy atom. The molecule has 2 aromatic carbocycles. The Bertz CT molecular complexity index is 1020. The molecule has 2 aliphatic rings. The summed E-state index contributed by atoms with van der Waals surface area (Å²) in [6, 6.07) is 13.3. The molecule has 0 bridgehead atoms. The number of carbonyl (C=O) groups is 2. The number of imide groups is 1. The minimum absolute atomic E-state index is 0.185. The monoisotopic (exact) mass is 420 g/mol. The standard InChI is InChI=1S/C25H28N2O4/c1-17-7-10-19(11-8-17)22-23(26-13-5-4-6-14-26)25(29)27(24(22)28)16-18-9-12-20(30-2)21(15-18)31-3/h7-12,15H,4-6,13-14,16H2,1-3H3. The molecule has 0 spiro atoms. The predicted octanol–water partition coefficient (Wildman–Crippen LogP) is 3.78. The summed E-state index contributed by atoms with van der Waals surface area (Å²) >= 11 is 0. The van der Waals surface area contributed by atoms with Crippen molar-refractivity contribution in [3.63, 3.8) is 0 Å². The molecule has 2 aliphatic heterocycles. The van der Waals surface area contributed by atoms with E-state index in [2.05, 4.69) is 4.90 Å².